The molecule has 0 amide bonds. The fourth-order valence-electron chi connectivity index (χ4n) is 2.50. The van der Waals surface area contributed by atoms with E-state index in [1.165, 1.54) is 17.1 Å². The standard InChI is InChI=1S/C14H24N2OS/c1-3-11(9-15-2)8-14-16-13(10-18-14)12-4-6-17-7-5-12/h10-12,15H,3-9H2,1-2H3. The molecule has 4 heteroatoms. The third-order valence-corrected chi connectivity index (χ3v) is 4.63. The van der Waals surface area contributed by atoms with Crippen LogP contribution in [0.3, 0.4) is 0 Å². The molecule has 0 radical (unpaired) electrons. The Bertz CT molecular complexity index is 347. The van der Waals surface area contributed by atoms with E-state index in [4.69, 9.17) is 9.72 Å². The summed E-state index contributed by atoms with van der Waals surface area (Å²) in [6.45, 7) is 5.14. The molecule has 18 heavy (non-hydrogen) atoms. The van der Waals surface area contributed by atoms with Crippen molar-refractivity contribution >= 4 is 11.3 Å². The Hall–Kier alpha value is -0.450. The summed E-state index contributed by atoms with van der Waals surface area (Å²) in [5.74, 6) is 1.34. The predicted octanol–water partition coefficient (Wildman–Crippen LogP) is 2.83. The van der Waals surface area contributed by atoms with Crippen LogP contribution < -0.4 is 5.32 Å². The van der Waals surface area contributed by atoms with E-state index in [2.05, 4.69) is 17.6 Å². The molecule has 2 heterocycles. The van der Waals surface area contributed by atoms with Crippen LogP contribution >= 0.6 is 11.3 Å². The number of nitrogens with zero attached hydrogens (tertiary/aromatic N) is 1. The Balaban J connectivity index is 1.92. The Kier molecular flexibility index (Phi) is 5.60. The van der Waals surface area contributed by atoms with Gasteiger partial charge in [0.25, 0.3) is 0 Å². The van der Waals surface area contributed by atoms with Crippen molar-refractivity contribution < 1.29 is 4.74 Å². The van der Waals surface area contributed by atoms with Crippen LogP contribution in [0.4, 0.5) is 0 Å². The topological polar surface area (TPSA) is 34.2 Å². The zero-order valence-electron chi connectivity index (χ0n) is 11.4. The van der Waals surface area contributed by atoms with Crippen molar-refractivity contribution in [2.24, 2.45) is 5.92 Å². The van der Waals surface area contributed by atoms with Crippen molar-refractivity contribution in [1.82, 2.24) is 10.3 Å². The van der Waals surface area contributed by atoms with Crippen molar-refractivity contribution in [2.75, 3.05) is 26.8 Å². The molecule has 0 spiro atoms. The quantitative estimate of drug-likeness (QED) is 0.861. The smallest absolute Gasteiger partial charge is 0.0931 e. The highest BCUT2D eigenvalue weighted by molar-refractivity contribution is 7.09. The number of hydrogen-bond acceptors (Lipinski definition) is 4. The maximum absolute atomic E-state index is 5.41. The first-order chi connectivity index (χ1) is 8.83. The van der Waals surface area contributed by atoms with E-state index in [0.717, 1.165) is 39.0 Å². The lowest BCUT2D eigenvalue weighted by Gasteiger charge is -2.20. The lowest BCUT2D eigenvalue weighted by atomic mass is 9.97. The van der Waals surface area contributed by atoms with Crippen LogP contribution in [-0.4, -0.2) is 31.8 Å². The van der Waals surface area contributed by atoms with Gasteiger partial charge in [-0.2, -0.15) is 0 Å². The summed E-state index contributed by atoms with van der Waals surface area (Å²) in [5, 5.41) is 6.84. The minimum atomic E-state index is 0.633. The number of thiazole rings is 1. The first-order valence-corrected chi connectivity index (χ1v) is 7.88. The summed E-state index contributed by atoms with van der Waals surface area (Å²) in [4.78, 5) is 4.84. The molecule has 2 rings (SSSR count). The van der Waals surface area contributed by atoms with Crippen LogP contribution in [0.5, 0.6) is 0 Å². The summed E-state index contributed by atoms with van der Waals surface area (Å²) in [7, 11) is 2.03. The van der Waals surface area contributed by atoms with Gasteiger partial charge in [-0.15, -0.1) is 11.3 Å². The van der Waals surface area contributed by atoms with Crippen LogP contribution in [0.15, 0.2) is 5.38 Å². The van der Waals surface area contributed by atoms with Gasteiger partial charge in [-0.05, 0) is 32.4 Å². The first kappa shape index (κ1) is 14.0. The van der Waals surface area contributed by atoms with Gasteiger partial charge in [0.15, 0.2) is 0 Å². The van der Waals surface area contributed by atoms with Gasteiger partial charge in [0.2, 0.25) is 0 Å². The van der Waals surface area contributed by atoms with Gasteiger partial charge in [0.05, 0.1) is 10.7 Å². The molecule has 1 aliphatic heterocycles. The lowest BCUT2D eigenvalue weighted by Crippen LogP contribution is -2.20. The molecule has 1 fully saturated rings. The molecule has 1 N–H and O–H groups in total. The third kappa shape index (κ3) is 3.77. The number of rotatable bonds is 6. The Morgan fingerprint density at radius 3 is 2.94 bits per heavy atom. The summed E-state index contributed by atoms with van der Waals surface area (Å²) in [5.41, 5.74) is 1.30. The van der Waals surface area contributed by atoms with E-state index in [1.54, 1.807) is 0 Å². The second-order valence-electron chi connectivity index (χ2n) is 5.09. The molecular formula is C14H24N2OS. The number of aromatic nitrogens is 1. The summed E-state index contributed by atoms with van der Waals surface area (Å²) < 4.78 is 5.41. The SMILES string of the molecule is CCC(CNC)Cc1nc(C2CCOCC2)cs1. The molecule has 102 valence electrons. The minimum Gasteiger partial charge on any atom is -0.381 e. The monoisotopic (exact) mass is 268 g/mol. The van der Waals surface area contributed by atoms with Crippen LogP contribution in [-0.2, 0) is 11.2 Å². The molecule has 0 bridgehead atoms. The fraction of sp³-hybridized carbons (Fsp3) is 0.786. The second kappa shape index (κ2) is 7.22. The van der Waals surface area contributed by atoms with Gasteiger partial charge in [0, 0.05) is 30.9 Å². The van der Waals surface area contributed by atoms with Gasteiger partial charge in [0.1, 0.15) is 0 Å². The normalized spacial score (nSPS) is 19.0. The highest BCUT2D eigenvalue weighted by Gasteiger charge is 2.19. The van der Waals surface area contributed by atoms with Crippen molar-refractivity contribution in [2.45, 2.75) is 38.5 Å². The molecule has 1 aliphatic rings. The van der Waals surface area contributed by atoms with Crippen LogP contribution in [0, 0.1) is 5.92 Å². The average Bonchev–Trinajstić information content (AvgIpc) is 2.88. The molecule has 0 aromatic carbocycles. The second-order valence-corrected chi connectivity index (χ2v) is 6.03. The summed E-state index contributed by atoms with van der Waals surface area (Å²) in [6, 6.07) is 0. The molecule has 3 nitrogen and oxygen atoms in total. The zero-order chi connectivity index (χ0) is 12.8. The maximum atomic E-state index is 5.41. The number of hydrogen-bond donors (Lipinski definition) is 1. The van der Waals surface area contributed by atoms with E-state index in [9.17, 15) is 0 Å². The number of nitrogens with one attached hydrogen (secondary N) is 1. The van der Waals surface area contributed by atoms with E-state index in [0.29, 0.717) is 11.8 Å². The molecule has 1 aromatic rings. The average molecular weight is 268 g/mol. The summed E-state index contributed by atoms with van der Waals surface area (Å²) >= 11 is 1.83. The Morgan fingerprint density at radius 2 is 2.28 bits per heavy atom. The van der Waals surface area contributed by atoms with Gasteiger partial charge < -0.3 is 10.1 Å². The minimum absolute atomic E-state index is 0.633. The summed E-state index contributed by atoms with van der Waals surface area (Å²) in [6.07, 6.45) is 4.60. The van der Waals surface area contributed by atoms with Gasteiger partial charge >= 0.3 is 0 Å². The molecule has 1 atom stereocenters. The van der Waals surface area contributed by atoms with Gasteiger partial charge in [-0.1, -0.05) is 13.3 Å². The van der Waals surface area contributed by atoms with Crippen molar-refractivity contribution in [3.63, 3.8) is 0 Å². The van der Waals surface area contributed by atoms with Crippen LogP contribution in [0.1, 0.15) is 42.8 Å². The van der Waals surface area contributed by atoms with Crippen LogP contribution in [0.2, 0.25) is 0 Å². The highest BCUT2D eigenvalue weighted by atomic mass is 32.1. The molecule has 0 saturated carbocycles. The van der Waals surface area contributed by atoms with E-state index >= 15 is 0 Å². The third-order valence-electron chi connectivity index (χ3n) is 3.74. The lowest BCUT2D eigenvalue weighted by molar-refractivity contribution is 0.0846. The van der Waals surface area contributed by atoms with Crippen LogP contribution in [0.25, 0.3) is 0 Å². The van der Waals surface area contributed by atoms with E-state index in [1.807, 2.05) is 18.4 Å². The fourth-order valence-corrected chi connectivity index (χ4v) is 3.49. The Morgan fingerprint density at radius 1 is 1.50 bits per heavy atom. The number of ether oxygens (including phenoxy) is 1. The van der Waals surface area contributed by atoms with Crippen molar-refractivity contribution in [1.29, 1.82) is 0 Å². The van der Waals surface area contributed by atoms with E-state index < -0.39 is 0 Å². The van der Waals surface area contributed by atoms with E-state index in [-0.39, 0.29) is 0 Å². The molecule has 1 unspecified atom stereocenters. The van der Waals surface area contributed by atoms with Gasteiger partial charge in [-0.3, -0.25) is 0 Å². The van der Waals surface area contributed by atoms with Crippen molar-refractivity contribution in [3.8, 4) is 0 Å². The highest BCUT2D eigenvalue weighted by Crippen LogP contribution is 2.28. The Labute approximate surface area is 114 Å². The largest absolute Gasteiger partial charge is 0.381 e. The molecule has 1 saturated heterocycles. The van der Waals surface area contributed by atoms with Crippen molar-refractivity contribution in [3.05, 3.63) is 16.1 Å². The molecule has 1 aromatic heterocycles. The predicted molar refractivity (Wildman–Crippen MR) is 76.3 cm³/mol. The first-order valence-electron chi connectivity index (χ1n) is 7.00. The van der Waals surface area contributed by atoms with Gasteiger partial charge in [-0.25, -0.2) is 4.98 Å². The molecule has 0 aliphatic carbocycles. The molecular weight excluding hydrogens is 244 g/mol. The maximum Gasteiger partial charge on any atom is 0.0931 e. The zero-order valence-corrected chi connectivity index (χ0v) is 12.3.